The average Bonchev–Trinajstić information content (AvgIpc) is 3.44. The maximum Gasteiger partial charge on any atom is 0.329 e. The molecule has 0 amide bonds. The van der Waals surface area contributed by atoms with E-state index in [-0.39, 0.29) is 17.3 Å². The van der Waals surface area contributed by atoms with E-state index in [2.05, 4.69) is 33.5 Å². The van der Waals surface area contributed by atoms with E-state index in [0.29, 0.717) is 23.9 Å². The van der Waals surface area contributed by atoms with Crippen molar-refractivity contribution in [2.24, 2.45) is 5.92 Å². The average molecular weight is 410 g/mol. The Bertz CT molecular complexity index is 1090. The molecule has 1 aliphatic heterocycles. The van der Waals surface area contributed by atoms with Gasteiger partial charge in [0.1, 0.15) is 0 Å². The van der Waals surface area contributed by atoms with Crippen LogP contribution in [0.15, 0.2) is 21.7 Å². The zero-order valence-corrected chi connectivity index (χ0v) is 18.1. The largest absolute Gasteiger partial charge is 0.371 e. The predicted molar refractivity (Wildman–Crippen MR) is 120 cm³/mol. The van der Waals surface area contributed by atoms with Crippen LogP contribution in [0.4, 0.5) is 5.69 Å². The van der Waals surface area contributed by atoms with Crippen LogP contribution in [0.2, 0.25) is 0 Å². The Morgan fingerprint density at radius 3 is 2.73 bits per heavy atom. The first-order chi connectivity index (χ1) is 14.5. The molecule has 0 bridgehead atoms. The summed E-state index contributed by atoms with van der Waals surface area (Å²) in [5, 5.41) is 0.600. The van der Waals surface area contributed by atoms with Crippen LogP contribution in [0.1, 0.15) is 44.7 Å². The van der Waals surface area contributed by atoms with Crippen molar-refractivity contribution in [3.63, 3.8) is 0 Å². The molecule has 2 heterocycles. The lowest BCUT2D eigenvalue weighted by Crippen LogP contribution is -2.41. The van der Waals surface area contributed by atoms with E-state index in [0.717, 1.165) is 62.2 Å². The number of aryl methyl sites for hydroxylation is 1. The molecular weight excluding hydrogens is 378 g/mol. The molecule has 1 saturated heterocycles. The van der Waals surface area contributed by atoms with Gasteiger partial charge in [0, 0.05) is 30.9 Å². The second kappa shape index (κ2) is 8.27. The summed E-state index contributed by atoms with van der Waals surface area (Å²) >= 11 is 0. The Kier molecular flexibility index (Phi) is 5.70. The number of nitrogens with zero attached hydrogens (tertiary/aromatic N) is 4. The van der Waals surface area contributed by atoms with Gasteiger partial charge >= 0.3 is 5.69 Å². The van der Waals surface area contributed by atoms with Crippen LogP contribution in [0.5, 0.6) is 0 Å². The number of hydrogen-bond acceptors (Lipinski definition) is 4. The first-order valence-electron chi connectivity index (χ1n) is 11.1. The molecule has 2 aromatic rings. The summed E-state index contributed by atoms with van der Waals surface area (Å²) in [6.07, 6.45) is 3.09. The first-order valence-corrected chi connectivity index (χ1v) is 11.1. The molecule has 7 nitrogen and oxygen atoms in total. The summed E-state index contributed by atoms with van der Waals surface area (Å²) in [6, 6.07) is 4.55. The Labute approximate surface area is 177 Å². The van der Waals surface area contributed by atoms with Crippen molar-refractivity contribution in [1.29, 1.82) is 0 Å². The van der Waals surface area contributed by atoms with E-state index < -0.39 is 0 Å². The van der Waals surface area contributed by atoms with Gasteiger partial charge in [-0.1, -0.05) is 6.92 Å². The van der Waals surface area contributed by atoms with Crippen LogP contribution in [0.3, 0.4) is 0 Å². The molecule has 1 aromatic carbocycles. The van der Waals surface area contributed by atoms with E-state index in [1.807, 2.05) is 19.1 Å². The molecule has 7 heteroatoms. The maximum absolute atomic E-state index is 12.5. The van der Waals surface area contributed by atoms with Crippen LogP contribution in [0.25, 0.3) is 15.7 Å². The lowest BCUT2D eigenvalue weighted by atomic mass is 9.99. The Balaban J connectivity index is 1.64. The van der Waals surface area contributed by atoms with Crippen molar-refractivity contribution >= 4 is 16.6 Å². The van der Waals surface area contributed by atoms with E-state index in [1.165, 1.54) is 0 Å². The van der Waals surface area contributed by atoms with Gasteiger partial charge in [-0.25, -0.2) is 11.4 Å². The summed E-state index contributed by atoms with van der Waals surface area (Å²) in [4.78, 5) is 35.7. The highest BCUT2D eigenvalue weighted by atomic mass is 16.2. The number of anilines is 1. The third-order valence-electron chi connectivity index (χ3n) is 6.97. The quantitative estimate of drug-likeness (QED) is 0.714. The number of nitrogens with one attached hydrogen (secondary N) is 1. The summed E-state index contributed by atoms with van der Waals surface area (Å²) < 4.78 is 1.80. The zero-order valence-electron chi connectivity index (χ0n) is 18.1. The number of likely N-dealkylation sites (N-methyl/N-ethyl adjacent to an activating group) is 1. The van der Waals surface area contributed by atoms with Crippen LogP contribution < -0.4 is 16.1 Å². The zero-order chi connectivity index (χ0) is 21.4. The van der Waals surface area contributed by atoms with E-state index in [1.54, 1.807) is 4.57 Å². The Morgan fingerprint density at radius 1 is 1.30 bits per heavy atom. The molecule has 1 N–H and O–H groups in total. The van der Waals surface area contributed by atoms with Crippen molar-refractivity contribution in [3.8, 4) is 0 Å². The molecule has 0 radical (unpaired) electrons. The van der Waals surface area contributed by atoms with E-state index >= 15 is 0 Å². The standard InChI is InChI=1S/C23H31N5O2/c1-5-26(13-11-24-4)16(3)17-10-12-27(14-17)20-9-8-19-21(15(20)2)28(18-6-7-18)23(30)25-22(19)29/h8-9,16-18H,5-7,10-14H2,1-3H3,(H,25,29,30). The minimum absolute atomic E-state index is 0.206. The lowest BCUT2D eigenvalue weighted by Gasteiger charge is -2.31. The van der Waals surface area contributed by atoms with Gasteiger partial charge in [0.25, 0.3) is 5.56 Å². The van der Waals surface area contributed by atoms with Gasteiger partial charge in [-0.3, -0.25) is 19.2 Å². The molecule has 0 spiro atoms. The molecule has 30 heavy (non-hydrogen) atoms. The molecule has 1 aliphatic carbocycles. The van der Waals surface area contributed by atoms with Crippen molar-refractivity contribution in [2.45, 2.75) is 52.1 Å². The SMILES string of the molecule is [C-]#[N+]CCN(CC)C(C)C1CCN(c2ccc3c(=O)[nH]c(=O)n(C4CC4)c3c2C)C1. The summed E-state index contributed by atoms with van der Waals surface area (Å²) in [5.41, 5.74) is 2.36. The minimum Gasteiger partial charge on any atom is -0.371 e. The summed E-state index contributed by atoms with van der Waals surface area (Å²) in [7, 11) is 0. The first kappa shape index (κ1) is 20.7. The molecule has 2 unspecified atom stereocenters. The number of H-pyrrole nitrogens is 1. The third-order valence-corrected chi connectivity index (χ3v) is 6.97. The van der Waals surface area contributed by atoms with Crippen molar-refractivity contribution in [1.82, 2.24) is 14.5 Å². The molecule has 1 aromatic heterocycles. The fourth-order valence-corrected chi connectivity index (χ4v) is 5.06. The molecule has 4 rings (SSSR count). The fraction of sp³-hybridized carbons (Fsp3) is 0.609. The lowest BCUT2D eigenvalue weighted by molar-refractivity contribution is 0.177. The van der Waals surface area contributed by atoms with Crippen LogP contribution >= 0.6 is 0 Å². The summed E-state index contributed by atoms with van der Waals surface area (Å²) in [5.74, 6) is 0.538. The monoisotopic (exact) mass is 409 g/mol. The second-order valence-corrected chi connectivity index (χ2v) is 8.71. The van der Waals surface area contributed by atoms with Gasteiger partial charge in [-0.2, -0.15) is 0 Å². The second-order valence-electron chi connectivity index (χ2n) is 8.71. The van der Waals surface area contributed by atoms with E-state index in [9.17, 15) is 9.59 Å². The highest BCUT2D eigenvalue weighted by Gasteiger charge is 2.32. The molecule has 2 fully saturated rings. The third kappa shape index (κ3) is 3.65. The number of rotatable bonds is 7. The number of benzene rings is 1. The van der Waals surface area contributed by atoms with Crippen LogP contribution in [-0.4, -0.2) is 53.2 Å². The van der Waals surface area contributed by atoms with Gasteiger partial charge in [-0.05, 0) is 63.3 Å². The number of hydrogen-bond donors (Lipinski definition) is 1. The van der Waals surface area contributed by atoms with Crippen molar-refractivity contribution in [3.05, 3.63) is 50.0 Å². The molecule has 2 aliphatic rings. The predicted octanol–water partition coefficient (Wildman–Crippen LogP) is 2.79. The molecular formula is C23H31N5O2. The highest BCUT2D eigenvalue weighted by molar-refractivity contribution is 5.86. The molecule has 1 saturated carbocycles. The topological polar surface area (TPSA) is 65.7 Å². The maximum atomic E-state index is 12.5. The van der Waals surface area contributed by atoms with Gasteiger partial charge < -0.3 is 9.74 Å². The number of aromatic amines is 1. The minimum atomic E-state index is -0.298. The smallest absolute Gasteiger partial charge is 0.329 e. The Hall–Kier alpha value is -2.59. The van der Waals surface area contributed by atoms with Gasteiger partial charge in [-0.15, -0.1) is 0 Å². The van der Waals surface area contributed by atoms with Crippen molar-refractivity contribution in [2.75, 3.05) is 37.6 Å². The van der Waals surface area contributed by atoms with Gasteiger partial charge in [0.2, 0.25) is 6.54 Å². The number of aromatic nitrogens is 2. The normalized spacial score (nSPS) is 20.1. The highest BCUT2D eigenvalue weighted by Crippen LogP contribution is 2.38. The fourth-order valence-electron chi connectivity index (χ4n) is 5.06. The van der Waals surface area contributed by atoms with E-state index in [4.69, 9.17) is 6.57 Å². The molecule has 2 atom stereocenters. The van der Waals surface area contributed by atoms with Crippen LogP contribution in [0, 0.1) is 19.4 Å². The Morgan fingerprint density at radius 2 is 2.07 bits per heavy atom. The van der Waals surface area contributed by atoms with Crippen LogP contribution in [-0.2, 0) is 0 Å². The molecule has 160 valence electrons. The van der Waals surface area contributed by atoms with Crippen molar-refractivity contribution < 1.29 is 0 Å². The number of fused-ring (bicyclic) bond motifs is 1. The van der Waals surface area contributed by atoms with Gasteiger partial charge in [0.15, 0.2) is 0 Å². The summed E-state index contributed by atoms with van der Waals surface area (Å²) in [6.45, 7) is 17.8. The van der Waals surface area contributed by atoms with Gasteiger partial charge in [0.05, 0.1) is 17.4 Å².